The Morgan fingerprint density at radius 2 is 1.73 bits per heavy atom. The van der Waals surface area contributed by atoms with Gasteiger partial charge in [-0.05, 0) is 58.1 Å². The smallest absolute Gasteiger partial charge is 0.426 e. The zero-order valence-corrected chi connectivity index (χ0v) is 24.3. The fourth-order valence-corrected chi connectivity index (χ4v) is 4.43. The van der Waals surface area contributed by atoms with Gasteiger partial charge in [-0.3, -0.25) is 5.32 Å². The molecule has 4 rings (SSSR count). The van der Waals surface area contributed by atoms with Crippen LogP contribution in [0, 0.1) is 0 Å². The van der Waals surface area contributed by atoms with E-state index in [0.717, 1.165) is 0 Å². The van der Waals surface area contributed by atoms with Crippen molar-refractivity contribution in [1.82, 2.24) is 15.2 Å². The second-order valence-corrected chi connectivity index (χ2v) is 11.0. The highest BCUT2D eigenvalue weighted by molar-refractivity contribution is 6.01. The number of carbonyl (C=O) groups excluding carboxylic acids is 1. The molecule has 2 aromatic heterocycles. The quantitative estimate of drug-likeness (QED) is 0.128. The molecule has 0 unspecified atom stereocenters. The zero-order valence-electron chi connectivity index (χ0n) is 24.3. The molecule has 1 aliphatic heterocycles. The Hall–Kier alpha value is -4.47. The van der Waals surface area contributed by atoms with Crippen LogP contribution in [0.1, 0.15) is 69.2 Å². The standard InChI is InChI=1S/C29H29F6N5O5/c1-26(2,3)45-25(41)36-20-15-18(28(30,31)32)21-19(40-42)13-9-4-5-10-14-27(29(33,34)35,43-16-17-11-7-6-8-12-17)24-39-38-23(44-24)22(20)37-21/h4-8,11-12,15,42H,9-10,13-14,16H2,1-3H3,(H,36,41)/b5-4?,40-19+/t27-/m1/s1. The Bertz CT molecular complexity index is 1560. The number of fused-ring (bicyclic) bond motifs is 5. The van der Waals surface area contributed by atoms with Crippen molar-refractivity contribution in [3.8, 4) is 11.6 Å². The number of nitrogens with one attached hydrogen (secondary N) is 1. The van der Waals surface area contributed by atoms with Gasteiger partial charge in [0, 0.05) is 0 Å². The van der Waals surface area contributed by atoms with Crippen LogP contribution in [0.4, 0.5) is 36.8 Å². The number of oxime groups is 1. The molecule has 0 saturated heterocycles. The molecule has 10 nitrogen and oxygen atoms in total. The summed E-state index contributed by atoms with van der Waals surface area (Å²) in [6, 6.07) is 8.53. The van der Waals surface area contributed by atoms with Crippen LogP contribution >= 0.6 is 0 Å². The Labute approximate surface area is 253 Å². The first-order valence-electron chi connectivity index (χ1n) is 13.6. The first kappa shape index (κ1) is 33.4. The number of nitrogens with zero attached hydrogens (tertiary/aromatic N) is 4. The Morgan fingerprint density at radius 3 is 2.36 bits per heavy atom. The monoisotopic (exact) mass is 641 g/mol. The molecular formula is C29H29F6N5O5. The van der Waals surface area contributed by atoms with Crippen molar-refractivity contribution in [2.45, 2.75) is 76.6 Å². The molecule has 0 fully saturated rings. The number of amides is 1. The lowest BCUT2D eigenvalue weighted by molar-refractivity contribution is -0.299. The van der Waals surface area contributed by atoms with Crippen LogP contribution in [-0.4, -0.2) is 44.0 Å². The third-order valence-electron chi connectivity index (χ3n) is 6.49. The number of halogens is 6. The lowest BCUT2D eigenvalue weighted by Crippen LogP contribution is -2.45. The van der Waals surface area contributed by atoms with Gasteiger partial charge in [0.1, 0.15) is 17.0 Å². The van der Waals surface area contributed by atoms with E-state index >= 15 is 0 Å². The average molecular weight is 642 g/mol. The van der Waals surface area contributed by atoms with Gasteiger partial charge in [-0.15, -0.1) is 10.2 Å². The molecule has 1 atom stereocenters. The Morgan fingerprint density at radius 1 is 1.04 bits per heavy atom. The molecule has 45 heavy (non-hydrogen) atoms. The molecule has 0 aliphatic carbocycles. The summed E-state index contributed by atoms with van der Waals surface area (Å²) in [4.78, 5) is 16.6. The van der Waals surface area contributed by atoms with Gasteiger partial charge in [0.05, 0.1) is 17.9 Å². The van der Waals surface area contributed by atoms with Crippen LogP contribution in [0.3, 0.4) is 0 Å². The van der Waals surface area contributed by atoms with E-state index in [4.69, 9.17) is 13.9 Å². The van der Waals surface area contributed by atoms with Gasteiger partial charge in [0.2, 0.25) is 5.60 Å². The lowest BCUT2D eigenvalue weighted by Gasteiger charge is -2.32. The van der Waals surface area contributed by atoms with Crippen LogP contribution in [0.25, 0.3) is 11.6 Å². The first-order chi connectivity index (χ1) is 21.0. The minimum absolute atomic E-state index is 0.00605. The topological polar surface area (TPSA) is 132 Å². The largest absolute Gasteiger partial charge is 0.444 e. The lowest BCUT2D eigenvalue weighted by atomic mass is 9.95. The number of hydrogen-bond donors (Lipinski definition) is 2. The number of carbonyl (C=O) groups is 1. The summed E-state index contributed by atoms with van der Waals surface area (Å²) in [5.74, 6) is -1.80. The third kappa shape index (κ3) is 7.79. The van der Waals surface area contributed by atoms with Crippen LogP contribution in [0.2, 0.25) is 0 Å². The minimum Gasteiger partial charge on any atom is -0.444 e. The van der Waals surface area contributed by atoms with E-state index in [1.165, 1.54) is 32.9 Å². The van der Waals surface area contributed by atoms with Crippen molar-refractivity contribution < 1.29 is 50.2 Å². The number of hydrogen-bond acceptors (Lipinski definition) is 9. The van der Waals surface area contributed by atoms with Gasteiger partial charge in [-0.2, -0.15) is 26.3 Å². The van der Waals surface area contributed by atoms with Crippen LogP contribution in [0.5, 0.6) is 0 Å². The highest BCUT2D eigenvalue weighted by Gasteiger charge is 2.61. The molecular weight excluding hydrogens is 612 g/mol. The van der Waals surface area contributed by atoms with Gasteiger partial charge in [-0.1, -0.05) is 47.6 Å². The molecule has 1 amide bonds. The molecule has 0 radical (unpaired) electrons. The summed E-state index contributed by atoms with van der Waals surface area (Å²) >= 11 is 0. The van der Waals surface area contributed by atoms with E-state index < -0.39 is 82.8 Å². The number of aromatic nitrogens is 3. The highest BCUT2D eigenvalue weighted by Crippen LogP contribution is 2.47. The van der Waals surface area contributed by atoms with Crippen molar-refractivity contribution in [2.75, 3.05) is 5.32 Å². The fourth-order valence-electron chi connectivity index (χ4n) is 4.43. The summed E-state index contributed by atoms with van der Waals surface area (Å²) in [6.07, 6.45) is -9.72. The summed E-state index contributed by atoms with van der Waals surface area (Å²) in [5, 5.41) is 22.1. The Balaban J connectivity index is 1.94. The van der Waals surface area contributed by atoms with Crippen molar-refractivity contribution in [3.63, 3.8) is 0 Å². The predicted molar refractivity (Wildman–Crippen MR) is 147 cm³/mol. The van der Waals surface area contributed by atoms with Gasteiger partial charge in [-0.25, -0.2) is 9.78 Å². The first-order valence-corrected chi connectivity index (χ1v) is 13.6. The minimum atomic E-state index is -5.09. The Kier molecular flexibility index (Phi) is 9.56. The van der Waals surface area contributed by atoms with Crippen molar-refractivity contribution in [1.29, 1.82) is 0 Å². The normalized spacial score (nSPS) is 18.8. The molecule has 3 heterocycles. The molecule has 0 spiro atoms. The van der Waals surface area contributed by atoms with Crippen LogP contribution in [-0.2, 0) is 27.9 Å². The maximum atomic E-state index is 14.9. The SMILES string of the molecule is CC(C)(C)OC(=O)Nc1cc(C(F)(F)F)c2nc1-c1nnc(o1)[C@@](OCc1ccccc1)(C(F)(F)F)CCC=CCC/C2=N\O. The maximum Gasteiger partial charge on any atom is 0.426 e. The van der Waals surface area contributed by atoms with Crippen LogP contribution < -0.4 is 5.32 Å². The number of pyridine rings is 1. The highest BCUT2D eigenvalue weighted by atomic mass is 19.4. The maximum absolute atomic E-state index is 14.9. The van der Waals surface area contributed by atoms with E-state index in [-0.39, 0.29) is 19.3 Å². The van der Waals surface area contributed by atoms with Gasteiger partial charge < -0.3 is 19.1 Å². The van der Waals surface area contributed by atoms with Gasteiger partial charge >= 0.3 is 18.4 Å². The molecule has 0 saturated carbocycles. The molecule has 4 bridgehead atoms. The fraction of sp³-hybridized carbons (Fsp3) is 0.414. The van der Waals surface area contributed by atoms with E-state index in [0.29, 0.717) is 11.6 Å². The summed E-state index contributed by atoms with van der Waals surface area (Å²) < 4.78 is 104. The average Bonchev–Trinajstić information content (AvgIpc) is 3.42. The van der Waals surface area contributed by atoms with Crippen molar-refractivity contribution in [3.05, 3.63) is 71.3 Å². The van der Waals surface area contributed by atoms with E-state index in [9.17, 15) is 36.3 Å². The molecule has 16 heteroatoms. The van der Waals surface area contributed by atoms with Gasteiger partial charge in [0.25, 0.3) is 11.8 Å². The summed E-state index contributed by atoms with van der Waals surface area (Å²) in [6.45, 7) is 4.03. The van der Waals surface area contributed by atoms with Crippen molar-refractivity contribution in [2.24, 2.45) is 5.16 Å². The van der Waals surface area contributed by atoms with E-state index in [2.05, 4.69) is 25.7 Å². The second-order valence-electron chi connectivity index (χ2n) is 11.0. The number of allylic oxidation sites excluding steroid dienone is 2. The van der Waals surface area contributed by atoms with E-state index in [1.807, 2.05) is 0 Å². The number of benzene rings is 1. The zero-order chi connectivity index (χ0) is 33.0. The summed E-state index contributed by atoms with van der Waals surface area (Å²) in [7, 11) is 0. The summed E-state index contributed by atoms with van der Waals surface area (Å²) in [5.41, 5.74) is -7.82. The third-order valence-corrected chi connectivity index (χ3v) is 6.49. The van der Waals surface area contributed by atoms with Crippen LogP contribution in [0.15, 0.2) is 58.1 Å². The number of rotatable bonds is 4. The number of anilines is 1. The second kappa shape index (κ2) is 12.9. The van der Waals surface area contributed by atoms with E-state index in [1.54, 1.807) is 30.3 Å². The number of ether oxygens (including phenoxy) is 2. The molecule has 3 aromatic rings. The number of alkyl halides is 6. The molecule has 1 aliphatic rings. The molecule has 242 valence electrons. The van der Waals surface area contributed by atoms with Gasteiger partial charge in [0.15, 0.2) is 5.69 Å². The van der Waals surface area contributed by atoms with Crippen molar-refractivity contribution >= 4 is 17.5 Å². The molecule has 2 N–H and O–H groups in total. The predicted octanol–water partition coefficient (Wildman–Crippen LogP) is 7.78. The molecule has 1 aromatic carbocycles.